The lowest BCUT2D eigenvalue weighted by molar-refractivity contribution is 0.0693. The zero-order valence-corrected chi connectivity index (χ0v) is 16.6. The van der Waals surface area contributed by atoms with Crippen molar-refractivity contribution in [2.24, 2.45) is 5.41 Å². The lowest BCUT2D eigenvalue weighted by Gasteiger charge is -2.38. The maximum absolute atomic E-state index is 12.4. The van der Waals surface area contributed by atoms with Gasteiger partial charge in [-0.05, 0) is 11.5 Å². The quantitative estimate of drug-likeness (QED) is 0.725. The number of aromatic nitrogens is 5. The molecule has 0 aromatic carbocycles. The van der Waals surface area contributed by atoms with E-state index in [2.05, 4.69) is 30.7 Å². The minimum absolute atomic E-state index is 0.0800. The Morgan fingerprint density at radius 1 is 1.21 bits per heavy atom. The lowest BCUT2D eigenvalue weighted by Crippen LogP contribution is -2.35. The first-order valence-electron chi connectivity index (χ1n) is 9.13. The molecular weight excluding hydrogens is 374 g/mol. The van der Waals surface area contributed by atoms with E-state index in [1.807, 2.05) is 15.3 Å². The Bertz CT molecular complexity index is 1160. The maximum atomic E-state index is 12.4. The summed E-state index contributed by atoms with van der Waals surface area (Å²) in [6.07, 6.45) is 4.70. The smallest absolute Gasteiger partial charge is 0.341 e. The molecule has 0 aliphatic carbocycles. The molecule has 0 radical (unpaired) electrons. The largest absolute Gasteiger partial charge is 0.477 e. The molecule has 29 heavy (non-hydrogen) atoms. The van der Waals surface area contributed by atoms with Crippen LogP contribution in [-0.2, 0) is 6.54 Å². The maximum Gasteiger partial charge on any atom is 0.341 e. The van der Waals surface area contributed by atoms with Crippen molar-refractivity contribution in [1.82, 2.24) is 24.3 Å². The van der Waals surface area contributed by atoms with Gasteiger partial charge in [0, 0.05) is 30.2 Å². The number of carboxylic acid groups (broad SMARTS) is 1. The first-order chi connectivity index (χ1) is 13.7. The summed E-state index contributed by atoms with van der Waals surface area (Å²) in [5.41, 5.74) is 1.81. The van der Waals surface area contributed by atoms with Crippen LogP contribution in [0.15, 0.2) is 35.5 Å². The topological polar surface area (TPSA) is 112 Å². The number of methoxy groups -OCH3 is 1. The lowest BCUT2D eigenvalue weighted by atomic mass is 9.85. The van der Waals surface area contributed by atoms with Crippen molar-refractivity contribution >= 4 is 5.97 Å². The number of pyridine rings is 1. The van der Waals surface area contributed by atoms with Gasteiger partial charge in [0.1, 0.15) is 5.56 Å². The van der Waals surface area contributed by atoms with E-state index < -0.39 is 11.4 Å². The summed E-state index contributed by atoms with van der Waals surface area (Å²) < 4.78 is 8.73. The Labute approximate surface area is 166 Å². The van der Waals surface area contributed by atoms with Crippen LogP contribution in [0.4, 0.5) is 0 Å². The molecular formula is C20H21N5O4. The van der Waals surface area contributed by atoms with Crippen molar-refractivity contribution in [1.29, 1.82) is 0 Å². The van der Waals surface area contributed by atoms with Crippen molar-refractivity contribution in [2.75, 3.05) is 7.11 Å². The van der Waals surface area contributed by atoms with Crippen molar-refractivity contribution < 1.29 is 14.6 Å². The number of carboxylic acids is 1. The minimum atomic E-state index is -1.23. The summed E-state index contributed by atoms with van der Waals surface area (Å²) in [6, 6.07) is 3.42. The monoisotopic (exact) mass is 395 g/mol. The Hall–Kier alpha value is -3.49. The zero-order valence-electron chi connectivity index (χ0n) is 16.6. The summed E-state index contributed by atoms with van der Waals surface area (Å²) in [5.74, 6) is -1.23. The Kier molecular flexibility index (Phi) is 4.25. The van der Waals surface area contributed by atoms with Crippen molar-refractivity contribution in [3.63, 3.8) is 0 Å². The van der Waals surface area contributed by atoms with Crippen LogP contribution >= 0.6 is 0 Å². The summed E-state index contributed by atoms with van der Waals surface area (Å²) in [4.78, 5) is 32.1. The molecule has 9 nitrogen and oxygen atoms in total. The number of fused-ring (bicyclic) bond motifs is 3. The van der Waals surface area contributed by atoms with Gasteiger partial charge in [0.05, 0.1) is 36.8 Å². The highest BCUT2D eigenvalue weighted by Crippen LogP contribution is 2.40. The van der Waals surface area contributed by atoms with E-state index in [4.69, 9.17) is 9.84 Å². The Morgan fingerprint density at radius 3 is 2.48 bits per heavy atom. The fourth-order valence-corrected chi connectivity index (χ4v) is 3.57. The fraction of sp³-hybridized carbons (Fsp3) is 0.350. The van der Waals surface area contributed by atoms with Crippen LogP contribution in [0.25, 0.3) is 22.6 Å². The molecule has 0 fully saturated rings. The van der Waals surface area contributed by atoms with Gasteiger partial charge >= 0.3 is 12.0 Å². The highest BCUT2D eigenvalue weighted by atomic mass is 16.5. The molecule has 0 saturated heterocycles. The van der Waals surface area contributed by atoms with E-state index in [1.165, 1.54) is 19.4 Å². The van der Waals surface area contributed by atoms with Crippen LogP contribution in [0, 0.1) is 5.41 Å². The van der Waals surface area contributed by atoms with Gasteiger partial charge < -0.3 is 14.4 Å². The summed E-state index contributed by atoms with van der Waals surface area (Å²) in [7, 11) is 1.50. The number of aromatic carboxylic acids is 1. The molecule has 0 bridgehead atoms. The van der Waals surface area contributed by atoms with Gasteiger partial charge in [-0.1, -0.05) is 20.8 Å². The molecule has 4 rings (SSSR count). The highest BCUT2D eigenvalue weighted by Gasteiger charge is 2.34. The Morgan fingerprint density at radius 2 is 1.90 bits per heavy atom. The Balaban J connectivity index is 1.89. The van der Waals surface area contributed by atoms with Gasteiger partial charge in [-0.3, -0.25) is 9.48 Å². The van der Waals surface area contributed by atoms with Crippen molar-refractivity contribution in [3.05, 3.63) is 46.5 Å². The number of ether oxygens (including phenoxy) is 1. The average Bonchev–Trinajstić information content (AvgIpc) is 3.10. The van der Waals surface area contributed by atoms with E-state index in [0.29, 0.717) is 17.9 Å². The second-order valence-electron chi connectivity index (χ2n) is 8.09. The number of carbonyl (C=O) groups is 1. The summed E-state index contributed by atoms with van der Waals surface area (Å²) >= 11 is 0. The molecule has 1 aliphatic heterocycles. The molecule has 0 amide bonds. The van der Waals surface area contributed by atoms with Crippen molar-refractivity contribution in [3.8, 4) is 28.7 Å². The van der Waals surface area contributed by atoms with Crippen molar-refractivity contribution in [2.45, 2.75) is 33.4 Å². The van der Waals surface area contributed by atoms with E-state index >= 15 is 0 Å². The number of hydrogen-bond donors (Lipinski definition) is 1. The molecule has 3 aromatic rings. The van der Waals surface area contributed by atoms with Gasteiger partial charge in [-0.2, -0.15) is 5.10 Å². The van der Waals surface area contributed by atoms with E-state index in [9.17, 15) is 14.7 Å². The molecule has 0 unspecified atom stereocenters. The van der Waals surface area contributed by atoms with Crippen LogP contribution in [-0.4, -0.2) is 42.5 Å². The number of nitrogens with zero attached hydrogens (tertiary/aromatic N) is 5. The van der Waals surface area contributed by atoms with Gasteiger partial charge in [0.15, 0.2) is 5.43 Å². The molecule has 1 N–H and O–H groups in total. The molecule has 1 aliphatic rings. The third kappa shape index (κ3) is 3.18. The standard InChI is InChI=1S/C20H21N5O4/c1-20(2,3)17-10-25-15(14-6-16(26)12(18(27)28)9-24(14)17)5-13(23-25)11-7-21-19(29-4)22-8-11/h5-9,17H,10H2,1-4H3,(H,27,28)/t17-/m0/s1. The van der Waals surface area contributed by atoms with E-state index in [0.717, 1.165) is 11.3 Å². The average molecular weight is 395 g/mol. The summed E-state index contributed by atoms with van der Waals surface area (Å²) in [5, 5.41) is 14.1. The van der Waals surface area contributed by atoms with Crippen LogP contribution in [0.2, 0.25) is 0 Å². The predicted molar refractivity (Wildman–Crippen MR) is 105 cm³/mol. The molecule has 0 saturated carbocycles. The van der Waals surface area contributed by atoms with E-state index in [-0.39, 0.29) is 23.0 Å². The third-order valence-electron chi connectivity index (χ3n) is 5.14. The molecule has 150 valence electrons. The predicted octanol–water partition coefficient (Wildman–Crippen LogP) is 2.48. The molecule has 3 aromatic heterocycles. The van der Waals surface area contributed by atoms with Gasteiger partial charge in [0.2, 0.25) is 0 Å². The van der Waals surface area contributed by atoms with Gasteiger partial charge in [-0.25, -0.2) is 14.8 Å². The van der Waals surface area contributed by atoms with Crippen LogP contribution in [0.3, 0.4) is 0 Å². The van der Waals surface area contributed by atoms with Gasteiger partial charge in [-0.15, -0.1) is 0 Å². The second-order valence-corrected chi connectivity index (χ2v) is 8.09. The number of hydrogen-bond acceptors (Lipinski definition) is 6. The zero-order chi connectivity index (χ0) is 20.9. The molecule has 9 heteroatoms. The first kappa shape index (κ1) is 18.9. The number of rotatable bonds is 3. The first-order valence-corrected chi connectivity index (χ1v) is 9.13. The molecule has 1 atom stereocenters. The molecule has 0 spiro atoms. The third-order valence-corrected chi connectivity index (χ3v) is 5.14. The van der Waals surface area contributed by atoms with Crippen LogP contribution in [0.5, 0.6) is 6.01 Å². The highest BCUT2D eigenvalue weighted by molar-refractivity contribution is 5.87. The second kappa shape index (κ2) is 6.54. The summed E-state index contributed by atoms with van der Waals surface area (Å²) in [6.45, 7) is 6.77. The van der Waals surface area contributed by atoms with Gasteiger partial charge in [0.25, 0.3) is 0 Å². The van der Waals surface area contributed by atoms with Crippen LogP contribution in [0.1, 0.15) is 37.2 Å². The SMILES string of the molecule is COc1ncc(-c2cc3n(n2)C[C@@H](C(C)(C)C)n2cc(C(=O)O)c(=O)cc2-3)cn1. The minimum Gasteiger partial charge on any atom is -0.477 e. The normalized spacial score (nSPS) is 15.5. The molecule has 4 heterocycles. The fourth-order valence-electron chi connectivity index (χ4n) is 3.57. The van der Waals surface area contributed by atoms with E-state index in [1.54, 1.807) is 12.4 Å². The van der Waals surface area contributed by atoms with Crippen LogP contribution < -0.4 is 10.2 Å².